The zero-order valence-corrected chi connectivity index (χ0v) is 23.8. The van der Waals surface area contributed by atoms with Crippen LogP contribution in [0.4, 0.5) is 0 Å². The van der Waals surface area contributed by atoms with E-state index in [2.05, 4.69) is 35.1 Å². The third-order valence-electron chi connectivity index (χ3n) is 7.14. The maximum atomic E-state index is 13.8. The number of amides is 2. The maximum Gasteiger partial charge on any atom is 0.261 e. The fourth-order valence-corrected chi connectivity index (χ4v) is 5.43. The quantitative estimate of drug-likeness (QED) is 0.278. The SMILES string of the molecule is CC(C)c1ccc(OCC(=O)N(Cc2ccccc2)[C@H](Cc2ccccc2)C(=O)NC2CCCC2)c(Br)c1. The summed E-state index contributed by atoms with van der Waals surface area (Å²) in [5.74, 6) is 0.668. The van der Waals surface area contributed by atoms with Gasteiger partial charge in [0.05, 0.1) is 4.47 Å². The van der Waals surface area contributed by atoms with E-state index in [-0.39, 0.29) is 24.5 Å². The van der Waals surface area contributed by atoms with Gasteiger partial charge in [-0.15, -0.1) is 0 Å². The first-order valence-electron chi connectivity index (χ1n) is 13.5. The lowest BCUT2D eigenvalue weighted by Crippen LogP contribution is -2.53. The first kappa shape index (κ1) is 27.9. The molecule has 1 atom stereocenters. The lowest BCUT2D eigenvalue weighted by molar-refractivity contribution is -0.143. The van der Waals surface area contributed by atoms with Crippen LogP contribution in [0.5, 0.6) is 5.75 Å². The highest BCUT2D eigenvalue weighted by Gasteiger charge is 2.32. The van der Waals surface area contributed by atoms with Crippen LogP contribution < -0.4 is 10.1 Å². The molecule has 0 radical (unpaired) electrons. The van der Waals surface area contributed by atoms with E-state index >= 15 is 0 Å². The van der Waals surface area contributed by atoms with E-state index in [0.29, 0.717) is 24.6 Å². The number of hydrogen-bond acceptors (Lipinski definition) is 3. The molecule has 1 saturated carbocycles. The van der Waals surface area contributed by atoms with Crippen molar-refractivity contribution in [2.75, 3.05) is 6.61 Å². The van der Waals surface area contributed by atoms with Crippen LogP contribution in [0.25, 0.3) is 0 Å². The van der Waals surface area contributed by atoms with Crippen LogP contribution in [0, 0.1) is 0 Å². The topological polar surface area (TPSA) is 58.6 Å². The first-order valence-corrected chi connectivity index (χ1v) is 14.3. The molecule has 4 rings (SSSR count). The van der Waals surface area contributed by atoms with Crippen LogP contribution >= 0.6 is 15.9 Å². The fourth-order valence-electron chi connectivity index (χ4n) is 4.92. The molecular formula is C32H37BrN2O3. The van der Waals surface area contributed by atoms with Gasteiger partial charge in [-0.25, -0.2) is 0 Å². The number of halogens is 1. The summed E-state index contributed by atoms with van der Waals surface area (Å²) in [4.78, 5) is 29.2. The van der Waals surface area contributed by atoms with Crippen molar-refractivity contribution in [2.24, 2.45) is 0 Å². The Labute approximate surface area is 234 Å². The van der Waals surface area contributed by atoms with E-state index in [1.54, 1.807) is 4.90 Å². The van der Waals surface area contributed by atoms with Crippen LogP contribution in [0.15, 0.2) is 83.3 Å². The van der Waals surface area contributed by atoms with E-state index in [1.165, 1.54) is 5.56 Å². The van der Waals surface area contributed by atoms with Crippen molar-refractivity contribution in [3.8, 4) is 5.75 Å². The number of benzene rings is 3. The molecular weight excluding hydrogens is 540 g/mol. The largest absolute Gasteiger partial charge is 0.483 e. The summed E-state index contributed by atoms with van der Waals surface area (Å²) in [7, 11) is 0. The Bertz CT molecular complexity index is 1190. The predicted molar refractivity (Wildman–Crippen MR) is 155 cm³/mol. The van der Waals surface area contributed by atoms with Gasteiger partial charge in [0, 0.05) is 19.0 Å². The summed E-state index contributed by atoms with van der Waals surface area (Å²) in [6, 6.07) is 25.2. The van der Waals surface area contributed by atoms with E-state index < -0.39 is 6.04 Å². The number of carbonyl (C=O) groups excluding carboxylic acids is 2. The van der Waals surface area contributed by atoms with Crippen molar-refractivity contribution >= 4 is 27.7 Å². The minimum absolute atomic E-state index is 0.104. The molecule has 0 aliphatic heterocycles. The number of hydrogen-bond donors (Lipinski definition) is 1. The van der Waals surface area contributed by atoms with Gasteiger partial charge in [0.1, 0.15) is 11.8 Å². The molecule has 0 spiro atoms. The first-order chi connectivity index (χ1) is 18.4. The molecule has 0 aromatic heterocycles. The average Bonchev–Trinajstić information content (AvgIpc) is 3.44. The summed E-state index contributed by atoms with van der Waals surface area (Å²) < 4.78 is 6.81. The van der Waals surface area contributed by atoms with Crippen LogP contribution in [0.1, 0.15) is 62.1 Å². The number of ether oxygens (including phenoxy) is 1. The molecule has 2 amide bonds. The molecule has 0 unspecified atom stereocenters. The molecule has 1 aliphatic rings. The van der Waals surface area contributed by atoms with Gasteiger partial charge in [-0.1, -0.05) is 93.4 Å². The molecule has 1 aliphatic carbocycles. The van der Waals surface area contributed by atoms with Crippen LogP contribution in [-0.4, -0.2) is 35.4 Å². The van der Waals surface area contributed by atoms with Gasteiger partial charge >= 0.3 is 0 Å². The molecule has 3 aromatic rings. The Hall–Kier alpha value is -3.12. The Morgan fingerprint density at radius 3 is 2.18 bits per heavy atom. The third kappa shape index (κ3) is 7.70. The van der Waals surface area contributed by atoms with Crippen LogP contribution in [0.3, 0.4) is 0 Å². The van der Waals surface area contributed by atoms with Crippen molar-refractivity contribution in [3.05, 3.63) is 100 Å². The Morgan fingerprint density at radius 2 is 1.58 bits per heavy atom. The second-order valence-corrected chi connectivity index (χ2v) is 11.2. The Balaban J connectivity index is 1.59. The van der Waals surface area contributed by atoms with Gasteiger partial charge in [0.15, 0.2) is 6.61 Å². The van der Waals surface area contributed by atoms with Gasteiger partial charge in [-0.3, -0.25) is 9.59 Å². The number of nitrogens with one attached hydrogen (secondary N) is 1. The lowest BCUT2D eigenvalue weighted by atomic mass is 10.0. The minimum Gasteiger partial charge on any atom is -0.483 e. The van der Waals surface area contributed by atoms with Gasteiger partial charge < -0.3 is 15.0 Å². The van der Waals surface area contributed by atoms with Crippen molar-refractivity contribution in [3.63, 3.8) is 0 Å². The molecule has 200 valence electrons. The van der Waals surface area contributed by atoms with Crippen LogP contribution in [0.2, 0.25) is 0 Å². The summed E-state index contributed by atoms with van der Waals surface area (Å²) in [5.41, 5.74) is 3.17. The molecule has 0 heterocycles. The van der Waals surface area contributed by atoms with E-state index in [4.69, 9.17) is 4.74 Å². The van der Waals surface area contributed by atoms with E-state index in [0.717, 1.165) is 41.3 Å². The summed E-state index contributed by atoms with van der Waals surface area (Å²) in [6.07, 6.45) is 4.66. The number of nitrogens with zero attached hydrogens (tertiary/aromatic N) is 1. The molecule has 3 aromatic carbocycles. The smallest absolute Gasteiger partial charge is 0.261 e. The molecule has 6 heteroatoms. The zero-order chi connectivity index (χ0) is 26.9. The van der Waals surface area contributed by atoms with Crippen molar-refractivity contribution in [1.82, 2.24) is 10.2 Å². The number of carbonyl (C=O) groups is 2. The second-order valence-electron chi connectivity index (χ2n) is 10.3. The van der Waals surface area contributed by atoms with Gasteiger partial charge in [-0.05, 0) is 63.5 Å². The van der Waals surface area contributed by atoms with E-state index in [1.807, 2.05) is 78.9 Å². The molecule has 0 bridgehead atoms. The highest BCUT2D eigenvalue weighted by molar-refractivity contribution is 9.10. The zero-order valence-electron chi connectivity index (χ0n) is 22.2. The van der Waals surface area contributed by atoms with Gasteiger partial charge in [-0.2, -0.15) is 0 Å². The average molecular weight is 578 g/mol. The number of rotatable bonds is 11. The highest BCUT2D eigenvalue weighted by atomic mass is 79.9. The molecule has 0 saturated heterocycles. The second kappa shape index (κ2) is 13.6. The summed E-state index contributed by atoms with van der Waals surface area (Å²) in [5, 5.41) is 3.24. The lowest BCUT2D eigenvalue weighted by Gasteiger charge is -2.32. The van der Waals surface area contributed by atoms with Crippen molar-refractivity contribution in [1.29, 1.82) is 0 Å². The van der Waals surface area contributed by atoms with E-state index in [9.17, 15) is 9.59 Å². The van der Waals surface area contributed by atoms with Crippen LogP contribution in [-0.2, 0) is 22.6 Å². The van der Waals surface area contributed by atoms with Gasteiger partial charge in [0.25, 0.3) is 5.91 Å². The summed E-state index contributed by atoms with van der Waals surface area (Å²) in [6.45, 7) is 4.44. The highest BCUT2D eigenvalue weighted by Crippen LogP contribution is 2.29. The molecule has 1 N–H and O–H groups in total. The third-order valence-corrected chi connectivity index (χ3v) is 7.76. The van der Waals surface area contributed by atoms with Crippen molar-refractivity contribution in [2.45, 2.75) is 70.5 Å². The Kier molecular flexibility index (Phi) is 9.99. The molecule has 1 fully saturated rings. The van der Waals surface area contributed by atoms with Gasteiger partial charge in [0.2, 0.25) is 5.91 Å². The maximum absolute atomic E-state index is 13.8. The standard InChI is InChI=1S/C32H37BrN2O3/c1-23(2)26-17-18-30(28(33)20-26)38-22-31(36)35(21-25-13-7-4-8-14-25)29(19-24-11-5-3-6-12-24)32(37)34-27-15-9-10-16-27/h3-8,11-14,17-18,20,23,27,29H,9-10,15-16,19,21-22H2,1-2H3,(H,34,37)/t29-/m1/s1. The summed E-state index contributed by atoms with van der Waals surface area (Å²) >= 11 is 3.59. The molecule has 5 nitrogen and oxygen atoms in total. The Morgan fingerprint density at radius 1 is 0.947 bits per heavy atom. The minimum atomic E-state index is -0.652. The fraction of sp³-hybridized carbons (Fsp3) is 0.375. The monoisotopic (exact) mass is 576 g/mol. The predicted octanol–water partition coefficient (Wildman–Crippen LogP) is 6.65. The normalized spacial score (nSPS) is 14.3. The molecule has 38 heavy (non-hydrogen) atoms. The van der Waals surface area contributed by atoms with Crippen molar-refractivity contribution < 1.29 is 14.3 Å².